The lowest BCUT2D eigenvalue weighted by molar-refractivity contribution is -0.114. The van der Waals surface area contributed by atoms with Crippen LogP contribution in [0, 0.1) is 0 Å². The number of carbonyl (C=O) groups excluding carboxylic acids is 1. The highest BCUT2D eigenvalue weighted by Crippen LogP contribution is 2.13. The zero-order valence-corrected chi connectivity index (χ0v) is 15.8. The Morgan fingerprint density at radius 3 is 2.68 bits per heavy atom. The second-order valence-corrected chi connectivity index (χ2v) is 6.23. The minimum absolute atomic E-state index is 0.0842. The Morgan fingerprint density at radius 2 is 2.04 bits per heavy atom. The number of methoxy groups -OCH3 is 1. The molecule has 2 aromatic heterocycles. The van der Waals surface area contributed by atoms with E-state index in [1.807, 2.05) is 0 Å². The Hall–Kier alpha value is -3.46. The summed E-state index contributed by atoms with van der Waals surface area (Å²) in [5, 5.41) is 7.06. The van der Waals surface area contributed by atoms with Crippen molar-refractivity contribution < 1.29 is 9.53 Å². The maximum absolute atomic E-state index is 12.9. The average Bonchev–Trinajstić information content (AvgIpc) is 2.66. The number of hydrogen-bond acceptors (Lipinski definition) is 6. The summed E-state index contributed by atoms with van der Waals surface area (Å²) >= 11 is 5.82. The highest BCUT2D eigenvalue weighted by molar-refractivity contribution is 6.30. The van der Waals surface area contributed by atoms with Gasteiger partial charge in [0.15, 0.2) is 0 Å². The number of hydrogen-bond donors (Lipinski definition) is 1. The number of pyridine rings is 1. The Kier molecular flexibility index (Phi) is 5.55. The molecule has 0 saturated carbocycles. The van der Waals surface area contributed by atoms with Crippen molar-refractivity contribution in [3.63, 3.8) is 0 Å². The van der Waals surface area contributed by atoms with Gasteiger partial charge in [-0.1, -0.05) is 17.7 Å². The van der Waals surface area contributed by atoms with Crippen molar-refractivity contribution >= 4 is 23.2 Å². The molecule has 10 heteroatoms. The molecule has 3 aromatic rings. The molecule has 2 heterocycles. The number of aromatic nitrogens is 4. The van der Waals surface area contributed by atoms with Gasteiger partial charge in [0.25, 0.3) is 5.88 Å². The second-order valence-electron chi connectivity index (χ2n) is 5.79. The van der Waals surface area contributed by atoms with Crippen LogP contribution in [0.3, 0.4) is 0 Å². The summed E-state index contributed by atoms with van der Waals surface area (Å²) in [6, 6.07) is 9.73. The molecule has 0 atom stereocenters. The van der Waals surface area contributed by atoms with E-state index in [-0.39, 0.29) is 18.3 Å². The Labute approximate surface area is 164 Å². The number of carbonyl (C=O) groups is 1. The molecule has 0 radical (unpaired) electrons. The van der Waals surface area contributed by atoms with Crippen molar-refractivity contribution in [1.82, 2.24) is 19.3 Å². The topological polar surface area (TPSA) is 108 Å². The van der Waals surface area contributed by atoms with Crippen molar-refractivity contribution in [2.45, 2.75) is 13.5 Å². The average molecular weight is 402 g/mol. The number of nitrogens with one attached hydrogen (secondary N) is 1. The first-order chi connectivity index (χ1) is 13.4. The van der Waals surface area contributed by atoms with Crippen LogP contribution in [0.1, 0.15) is 12.6 Å². The van der Waals surface area contributed by atoms with Gasteiger partial charge in [-0.05, 0) is 30.3 Å². The fourth-order valence-electron chi connectivity index (χ4n) is 2.51. The van der Waals surface area contributed by atoms with Crippen LogP contribution in [0.15, 0.2) is 52.2 Å². The van der Waals surface area contributed by atoms with Gasteiger partial charge in [-0.2, -0.15) is 4.68 Å². The first kappa shape index (κ1) is 19.3. The number of anilines is 1. The molecule has 1 amide bonds. The Balaban J connectivity index is 2.12. The predicted molar refractivity (Wildman–Crippen MR) is 103 cm³/mol. The summed E-state index contributed by atoms with van der Waals surface area (Å²) in [4.78, 5) is 40.9. The standard InChI is InChI=1S/C18H16ClN5O4/c1-11(25)21-13-4-3-5-15(8-13)24-18(27)23(17(26)16(22-24)28-2)10-14-7-6-12(19)9-20-14/h3-9H,10H2,1-2H3,(H,21,25). The quantitative estimate of drug-likeness (QED) is 0.693. The van der Waals surface area contributed by atoms with E-state index >= 15 is 0 Å². The van der Waals surface area contributed by atoms with Gasteiger partial charge < -0.3 is 10.1 Å². The molecular formula is C18H16ClN5O4. The SMILES string of the molecule is COc1nn(-c2cccc(NC(C)=O)c2)c(=O)n(Cc2ccc(Cl)cn2)c1=O. The molecule has 3 rings (SSSR count). The molecule has 0 unspecified atom stereocenters. The number of rotatable bonds is 5. The van der Waals surface area contributed by atoms with Crippen LogP contribution in [0.5, 0.6) is 5.88 Å². The number of nitrogens with zero attached hydrogens (tertiary/aromatic N) is 4. The highest BCUT2D eigenvalue weighted by Gasteiger charge is 2.16. The number of benzene rings is 1. The molecule has 0 aliphatic heterocycles. The minimum Gasteiger partial charge on any atom is -0.476 e. The molecule has 0 saturated heterocycles. The lowest BCUT2D eigenvalue weighted by Crippen LogP contribution is -2.41. The third kappa shape index (κ3) is 4.09. The van der Waals surface area contributed by atoms with E-state index in [1.54, 1.807) is 36.4 Å². The smallest absolute Gasteiger partial charge is 0.352 e. The van der Waals surface area contributed by atoms with Crippen LogP contribution in [0.4, 0.5) is 5.69 Å². The third-order valence-corrected chi connectivity index (χ3v) is 3.97. The summed E-state index contributed by atoms with van der Waals surface area (Å²) in [7, 11) is 1.29. The van der Waals surface area contributed by atoms with Gasteiger partial charge >= 0.3 is 11.2 Å². The van der Waals surface area contributed by atoms with Crippen LogP contribution in [0.2, 0.25) is 5.02 Å². The van der Waals surface area contributed by atoms with Crippen LogP contribution in [-0.2, 0) is 11.3 Å². The van der Waals surface area contributed by atoms with Gasteiger partial charge in [0.05, 0.1) is 30.1 Å². The predicted octanol–water partition coefficient (Wildman–Crippen LogP) is 1.46. The molecule has 144 valence electrons. The normalized spacial score (nSPS) is 10.5. The molecule has 0 bridgehead atoms. The van der Waals surface area contributed by atoms with Gasteiger partial charge in [-0.3, -0.25) is 14.6 Å². The van der Waals surface area contributed by atoms with Crippen LogP contribution in [-0.4, -0.2) is 32.3 Å². The fraction of sp³-hybridized carbons (Fsp3) is 0.167. The number of halogens is 1. The number of amides is 1. The van der Waals surface area contributed by atoms with E-state index in [2.05, 4.69) is 15.4 Å². The molecule has 0 fully saturated rings. The maximum atomic E-state index is 12.9. The molecular weight excluding hydrogens is 386 g/mol. The largest absolute Gasteiger partial charge is 0.476 e. The first-order valence-corrected chi connectivity index (χ1v) is 8.53. The van der Waals surface area contributed by atoms with Gasteiger partial charge in [0, 0.05) is 18.8 Å². The Morgan fingerprint density at radius 1 is 1.25 bits per heavy atom. The molecule has 9 nitrogen and oxygen atoms in total. The first-order valence-electron chi connectivity index (χ1n) is 8.15. The molecule has 0 spiro atoms. The summed E-state index contributed by atoms with van der Waals surface area (Å²) in [5.74, 6) is -0.507. The van der Waals surface area contributed by atoms with Crippen molar-refractivity contribution in [3.8, 4) is 11.6 Å². The molecule has 28 heavy (non-hydrogen) atoms. The molecule has 1 aromatic carbocycles. The highest BCUT2D eigenvalue weighted by atomic mass is 35.5. The summed E-state index contributed by atoms with van der Waals surface area (Å²) in [6.07, 6.45) is 1.43. The number of ether oxygens (including phenoxy) is 1. The molecule has 0 aliphatic carbocycles. The minimum atomic E-state index is -0.682. The van der Waals surface area contributed by atoms with E-state index in [0.29, 0.717) is 22.1 Å². The lowest BCUT2D eigenvalue weighted by Gasteiger charge is -2.12. The summed E-state index contributed by atoms with van der Waals surface area (Å²) in [5.41, 5.74) is -0.0569. The van der Waals surface area contributed by atoms with Crippen molar-refractivity contribution in [1.29, 1.82) is 0 Å². The van der Waals surface area contributed by atoms with Gasteiger partial charge in [-0.15, -0.1) is 5.10 Å². The van der Waals surface area contributed by atoms with Gasteiger partial charge in [0.1, 0.15) is 0 Å². The molecule has 1 N–H and O–H groups in total. The Bertz CT molecular complexity index is 1140. The summed E-state index contributed by atoms with van der Waals surface area (Å²) < 4.78 is 7.03. The zero-order valence-electron chi connectivity index (χ0n) is 15.0. The zero-order chi connectivity index (χ0) is 20.3. The van der Waals surface area contributed by atoms with E-state index < -0.39 is 11.2 Å². The lowest BCUT2D eigenvalue weighted by atomic mass is 10.3. The monoisotopic (exact) mass is 401 g/mol. The maximum Gasteiger partial charge on any atom is 0.352 e. The van der Waals surface area contributed by atoms with E-state index in [0.717, 1.165) is 9.25 Å². The van der Waals surface area contributed by atoms with Crippen molar-refractivity contribution in [2.75, 3.05) is 12.4 Å². The van der Waals surface area contributed by atoms with Crippen molar-refractivity contribution in [2.24, 2.45) is 0 Å². The van der Waals surface area contributed by atoms with E-state index in [9.17, 15) is 14.4 Å². The van der Waals surface area contributed by atoms with Crippen molar-refractivity contribution in [3.05, 3.63) is 74.1 Å². The van der Waals surface area contributed by atoms with E-state index in [4.69, 9.17) is 16.3 Å². The van der Waals surface area contributed by atoms with Gasteiger partial charge in [-0.25, -0.2) is 9.36 Å². The van der Waals surface area contributed by atoms with E-state index in [1.165, 1.54) is 20.2 Å². The van der Waals surface area contributed by atoms with Crippen LogP contribution >= 0.6 is 11.6 Å². The van der Waals surface area contributed by atoms with Crippen LogP contribution < -0.4 is 21.3 Å². The van der Waals surface area contributed by atoms with Crippen LogP contribution in [0.25, 0.3) is 5.69 Å². The van der Waals surface area contributed by atoms with Gasteiger partial charge in [0.2, 0.25) is 5.91 Å². The fourth-order valence-corrected chi connectivity index (χ4v) is 2.62. The second kappa shape index (κ2) is 8.05. The third-order valence-electron chi connectivity index (χ3n) is 3.74. The summed E-state index contributed by atoms with van der Waals surface area (Å²) in [6.45, 7) is 1.29. The molecule has 0 aliphatic rings.